The predicted molar refractivity (Wildman–Crippen MR) is 47.8 cm³/mol. The van der Waals surface area contributed by atoms with Gasteiger partial charge in [0.15, 0.2) is 0 Å². The fourth-order valence-corrected chi connectivity index (χ4v) is 2.84. The zero-order valence-electron chi connectivity index (χ0n) is 7.56. The van der Waals surface area contributed by atoms with Crippen LogP contribution in [0.3, 0.4) is 0 Å². The average molecular weight is 171 g/mol. The fourth-order valence-electron chi connectivity index (χ4n) is 2.84. The van der Waals surface area contributed by atoms with Gasteiger partial charge in [-0.15, -0.1) is 0 Å². The zero-order valence-corrected chi connectivity index (χ0v) is 7.56. The van der Waals surface area contributed by atoms with Crippen molar-refractivity contribution in [3.63, 3.8) is 0 Å². The molecule has 1 nitrogen and oxygen atoms in total. The summed E-state index contributed by atoms with van der Waals surface area (Å²) in [6.07, 6.45) is 6.25. The normalized spacial score (nSPS) is 42.2. The van der Waals surface area contributed by atoms with Crippen LogP contribution in [0.1, 0.15) is 32.1 Å². The number of hydrogen-bond acceptors (Lipinski definition) is 1. The van der Waals surface area contributed by atoms with Gasteiger partial charge in [-0.05, 0) is 37.6 Å². The summed E-state index contributed by atoms with van der Waals surface area (Å²) in [5.74, 6) is 1.02. The zero-order chi connectivity index (χ0) is 8.39. The van der Waals surface area contributed by atoms with E-state index in [1.165, 1.54) is 25.7 Å². The fraction of sp³-hybridized carbons (Fsp3) is 1.00. The predicted octanol–water partition coefficient (Wildman–Crippen LogP) is 2.12. The quantitative estimate of drug-likeness (QED) is 0.637. The molecule has 0 amide bonds. The van der Waals surface area contributed by atoms with Gasteiger partial charge in [-0.1, -0.05) is 12.8 Å². The molecule has 0 radical (unpaired) electrons. The molecule has 2 fully saturated rings. The maximum absolute atomic E-state index is 12.6. The van der Waals surface area contributed by atoms with Crippen molar-refractivity contribution in [2.75, 3.05) is 13.2 Å². The molecule has 12 heavy (non-hydrogen) atoms. The summed E-state index contributed by atoms with van der Waals surface area (Å²) in [7, 11) is 0. The van der Waals surface area contributed by atoms with E-state index in [2.05, 4.69) is 5.32 Å². The lowest BCUT2D eigenvalue weighted by Crippen LogP contribution is -2.48. The Morgan fingerprint density at radius 3 is 2.83 bits per heavy atom. The van der Waals surface area contributed by atoms with E-state index in [-0.39, 0.29) is 6.67 Å². The second kappa shape index (κ2) is 3.73. The molecule has 1 aliphatic heterocycles. The molecule has 0 aromatic carbocycles. The Kier molecular flexibility index (Phi) is 2.64. The van der Waals surface area contributed by atoms with Gasteiger partial charge in [0, 0.05) is 6.04 Å². The Bertz CT molecular complexity index is 140. The van der Waals surface area contributed by atoms with Crippen LogP contribution >= 0.6 is 0 Å². The van der Waals surface area contributed by atoms with Crippen LogP contribution < -0.4 is 5.32 Å². The van der Waals surface area contributed by atoms with Gasteiger partial charge < -0.3 is 5.32 Å². The number of alkyl halides is 1. The van der Waals surface area contributed by atoms with E-state index in [1.807, 2.05) is 0 Å². The highest BCUT2D eigenvalue weighted by Crippen LogP contribution is 2.34. The van der Waals surface area contributed by atoms with Crippen LogP contribution in [-0.4, -0.2) is 19.3 Å². The van der Waals surface area contributed by atoms with E-state index in [1.54, 1.807) is 0 Å². The first kappa shape index (κ1) is 8.49. The third-order valence-electron chi connectivity index (χ3n) is 3.54. The van der Waals surface area contributed by atoms with Gasteiger partial charge in [0.2, 0.25) is 0 Å². The number of rotatable bonds is 1. The van der Waals surface area contributed by atoms with Crippen molar-refractivity contribution in [3.05, 3.63) is 0 Å². The number of halogens is 1. The minimum Gasteiger partial charge on any atom is -0.314 e. The largest absolute Gasteiger partial charge is 0.314 e. The third-order valence-corrected chi connectivity index (χ3v) is 3.54. The average Bonchev–Trinajstić information content (AvgIpc) is 2.17. The standard InChI is InChI=1S/C10H18FN/c11-7-8-5-6-12-10-4-2-1-3-9(8)10/h8-10,12H,1-7H2. The monoisotopic (exact) mass is 171 g/mol. The summed E-state index contributed by atoms with van der Waals surface area (Å²) in [5, 5.41) is 3.52. The van der Waals surface area contributed by atoms with Crippen LogP contribution in [-0.2, 0) is 0 Å². The minimum atomic E-state index is -0.0944. The maximum atomic E-state index is 12.6. The van der Waals surface area contributed by atoms with Gasteiger partial charge in [-0.25, -0.2) is 0 Å². The molecule has 0 aromatic heterocycles. The molecule has 2 heteroatoms. The van der Waals surface area contributed by atoms with E-state index in [0.29, 0.717) is 17.9 Å². The molecule has 1 saturated carbocycles. The first-order chi connectivity index (χ1) is 5.92. The van der Waals surface area contributed by atoms with Crippen molar-refractivity contribution in [3.8, 4) is 0 Å². The summed E-state index contributed by atoms with van der Waals surface area (Å²) < 4.78 is 12.6. The van der Waals surface area contributed by atoms with Crippen LogP contribution in [0.15, 0.2) is 0 Å². The second-order valence-corrected chi connectivity index (χ2v) is 4.21. The first-order valence-electron chi connectivity index (χ1n) is 5.21. The maximum Gasteiger partial charge on any atom is 0.0926 e. The van der Waals surface area contributed by atoms with Gasteiger partial charge in [0.25, 0.3) is 0 Å². The Morgan fingerprint density at radius 2 is 2.00 bits per heavy atom. The molecular weight excluding hydrogens is 153 g/mol. The molecule has 70 valence electrons. The number of nitrogens with one attached hydrogen (secondary N) is 1. The van der Waals surface area contributed by atoms with Gasteiger partial charge in [-0.3, -0.25) is 4.39 Å². The first-order valence-corrected chi connectivity index (χ1v) is 5.21. The van der Waals surface area contributed by atoms with Crippen LogP contribution in [0.5, 0.6) is 0 Å². The summed E-state index contributed by atoms with van der Waals surface area (Å²) >= 11 is 0. The van der Waals surface area contributed by atoms with Crippen LogP contribution in [0.2, 0.25) is 0 Å². The summed E-state index contributed by atoms with van der Waals surface area (Å²) in [4.78, 5) is 0. The minimum absolute atomic E-state index is 0.0944. The smallest absolute Gasteiger partial charge is 0.0926 e. The number of fused-ring (bicyclic) bond motifs is 1. The van der Waals surface area contributed by atoms with Crippen molar-refractivity contribution in [2.24, 2.45) is 11.8 Å². The lowest BCUT2D eigenvalue weighted by molar-refractivity contribution is 0.117. The highest BCUT2D eigenvalue weighted by atomic mass is 19.1. The summed E-state index contributed by atoms with van der Waals surface area (Å²) in [6.45, 7) is 0.943. The molecule has 1 aliphatic carbocycles. The number of hydrogen-bond donors (Lipinski definition) is 1. The highest BCUT2D eigenvalue weighted by molar-refractivity contribution is 4.89. The molecule has 1 N–H and O–H groups in total. The highest BCUT2D eigenvalue weighted by Gasteiger charge is 2.34. The van der Waals surface area contributed by atoms with Gasteiger partial charge in [0.1, 0.15) is 0 Å². The van der Waals surface area contributed by atoms with Crippen molar-refractivity contribution >= 4 is 0 Å². The van der Waals surface area contributed by atoms with Crippen molar-refractivity contribution in [2.45, 2.75) is 38.1 Å². The lowest BCUT2D eigenvalue weighted by Gasteiger charge is -2.41. The molecule has 2 aliphatic rings. The van der Waals surface area contributed by atoms with Gasteiger partial charge in [-0.2, -0.15) is 0 Å². The Hall–Kier alpha value is -0.110. The van der Waals surface area contributed by atoms with E-state index < -0.39 is 0 Å². The molecule has 2 rings (SSSR count). The van der Waals surface area contributed by atoms with Crippen molar-refractivity contribution < 1.29 is 4.39 Å². The van der Waals surface area contributed by atoms with Crippen molar-refractivity contribution in [1.82, 2.24) is 5.32 Å². The van der Waals surface area contributed by atoms with Crippen LogP contribution in [0, 0.1) is 11.8 Å². The topological polar surface area (TPSA) is 12.0 Å². The van der Waals surface area contributed by atoms with E-state index in [4.69, 9.17) is 0 Å². The van der Waals surface area contributed by atoms with Crippen LogP contribution in [0.4, 0.5) is 4.39 Å². The lowest BCUT2D eigenvalue weighted by atomic mass is 9.73. The van der Waals surface area contributed by atoms with Gasteiger partial charge >= 0.3 is 0 Å². The second-order valence-electron chi connectivity index (χ2n) is 4.21. The molecule has 0 aromatic rings. The molecule has 0 spiro atoms. The third kappa shape index (κ3) is 1.49. The van der Waals surface area contributed by atoms with E-state index in [9.17, 15) is 4.39 Å². The van der Waals surface area contributed by atoms with Gasteiger partial charge in [0.05, 0.1) is 6.67 Å². The summed E-state index contributed by atoms with van der Waals surface area (Å²) in [6, 6.07) is 0.647. The molecule has 1 saturated heterocycles. The van der Waals surface area contributed by atoms with E-state index >= 15 is 0 Å². The van der Waals surface area contributed by atoms with Crippen molar-refractivity contribution in [1.29, 1.82) is 0 Å². The molecule has 1 heterocycles. The number of piperidine rings is 1. The Morgan fingerprint density at radius 1 is 1.17 bits per heavy atom. The Balaban J connectivity index is 1.99. The Labute approximate surface area is 73.7 Å². The molecule has 3 unspecified atom stereocenters. The molecular formula is C10H18FN. The SMILES string of the molecule is FCC1CCNC2CCCCC12. The van der Waals surface area contributed by atoms with Crippen LogP contribution in [0.25, 0.3) is 0 Å². The molecule has 3 atom stereocenters. The molecule has 0 bridgehead atoms. The van der Waals surface area contributed by atoms with E-state index in [0.717, 1.165) is 13.0 Å². The summed E-state index contributed by atoms with van der Waals surface area (Å²) in [5.41, 5.74) is 0.